The van der Waals surface area contributed by atoms with Crippen molar-refractivity contribution < 1.29 is 4.79 Å². The molecule has 2 unspecified atom stereocenters. The molecule has 0 aromatic heterocycles. The lowest BCUT2D eigenvalue weighted by atomic mass is 9.89. The molecule has 0 radical (unpaired) electrons. The van der Waals surface area contributed by atoms with Gasteiger partial charge in [0.25, 0.3) is 0 Å². The first-order valence-corrected chi connectivity index (χ1v) is 7.82. The lowest BCUT2D eigenvalue weighted by molar-refractivity contribution is -0.133. The molecule has 3 heteroatoms. The van der Waals surface area contributed by atoms with E-state index in [4.69, 9.17) is 0 Å². The zero-order valence-corrected chi connectivity index (χ0v) is 11.8. The monoisotopic (exact) mass is 252 g/mol. The Morgan fingerprint density at radius 1 is 1.28 bits per heavy atom. The standard InChI is InChI=1S/C15H28N2O/c1-2-3-4-9-15(18)17-11-6-7-13(12-17)14-8-5-10-16-14/h13-14,16H,2-12H2,1H3. The summed E-state index contributed by atoms with van der Waals surface area (Å²) >= 11 is 0. The average Bonchev–Trinajstić information content (AvgIpc) is 2.93. The van der Waals surface area contributed by atoms with Crippen LogP contribution in [0.25, 0.3) is 0 Å². The predicted octanol–water partition coefficient (Wildman–Crippen LogP) is 2.56. The molecule has 0 aliphatic carbocycles. The first-order valence-electron chi connectivity index (χ1n) is 7.82. The maximum atomic E-state index is 12.1. The third kappa shape index (κ3) is 3.71. The van der Waals surface area contributed by atoms with E-state index >= 15 is 0 Å². The van der Waals surface area contributed by atoms with Crippen LogP contribution in [0.2, 0.25) is 0 Å². The van der Waals surface area contributed by atoms with Gasteiger partial charge in [0.1, 0.15) is 0 Å². The van der Waals surface area contributed by atoms with Crippen LogP contribution in [-0.4, -0.2) is 36.5 Å². The van der Waals surface area contributed by atoms with E-state index in [1.165, 1.54) is 45.1 Å². The summed E-state index contributed by atoms with van der Waals surface area (Å²) in [5, 5.41) is 3.60. The zero-order valence-electron chi connectivity index (χ0n) is 11.8. The van der Waals surface area contributed by atoms with Gasteiger partial charge < -0.3 is 10.2 Å². The normalized spacial score (nSPS) is 28.6. The fourth-order valence-corrected chi connectivity index (χ4v) is 3.36. The highest BCUT2D eigenvalue weighted by atomic mass is 16.2. The van der Waals surface area contributed by atoms with Crippen molar-refractivity contribution >= 4 is 5.91 Å². The molecular weight excluding hydrogens is 224 g/mol. The van der Waals surface area contributed by atoms with Gasteiger partial charge in [-0.3, -0.25) is 4.79 Å². The summed E-state index contributed by atoms with van der Waals surface area (Å²) in [6, 6.07) is 0.677. The molecule has 0 saturated carbocycles. The van der Waals surface area contributed by atoms with Gasteiger partial charge in [0, 0.05) is 25.6 Å². The lowest BCUT2D eigenvalue weighted by Gasteiger charge is -2.36. The maximum Gasteiger partial charge on any atom is 0.222 e. The fraction of sp³-hybridized carbons (Fsp3) is 0.933. The summed E-state index contributed by atoms with van der Waals surface area (Å²) in [7, 11) is 0. The topological polar surface area (TPSA) is 32.3 Å². The Bertz CT molecular complexity index is 261. The van der Waals surface area contributed by atoms with Gasteiger partial charge >= 0.3 is 0 Å². The van der Waals surface area contributed by atoms with Crippen LogP contribution in [-0.2, 0) is 4.79 Å². The Morgan fingerprint density at radius 2 is 2.17 bits per heavy atom. The summed E-state index contributed by atoms with van der Waals surface area (Å²) in [6.45, 7) is 5.36. The highest BCUT2D eigenvalue weighted by Gasteiger charge is 2.30. The van der Waals surface area contributed by atoms with Crippen molar-refractivity contribution in [1.29, 1.82) is 0 Å². The molecule has 18 heavy (non-hydrogen) atoms. The van der Waals surface area contributed by atoms with Gasteiger partial charge in [-0.2, -0.15) is 0 Å². The summed E-state index contributed by atoms with van der Waals surface area (Å²) in [5.74, 6) is 1.10. The first-order chi connectivity index (χ1) is 8.81. The van der Waals surface area contributed by atoms with Crippen LogP contribution in [0.3, 0.4) is 0 Å². The number of hydrogen-bond acceptors (Lipinski definition) is 2. The van der Waals surface area contributed by atoms with Crippen molar-refractivity contribution in [2.45, 2.75) is 64.3 Å². The molecule has 2 aliphatic heterocycles. The van der Waals surface area contributed by atoms with Crippen LogP contribution >= 0.6 is 0 Å². The molecule has 3 nitrogen and oxygen atoms in total. The Morgan fingerprint density at radius 3 is 2.89 bits per heavy atom. The van der Waals surface area contributed by atoms with Crippen LogP contribution in [0, 0.1) is 5.92 Å². The summed E-state index contributed by atoms with van der Waals surface area (Å²) in [6.07, 6.45) is 9.33. The van der Waals surface area contributed by atoms with Crippen molar-refractivity contribution in [2.24, 2.45) is 5.92 Å². The van der Waals surface area contributed by atoms with Crippen molar-refractivity contribution in [2.75, 3.05) is 19.6 Å². The number of rotatable bonds is 5. The number of amides is 1. The largest absolute Gasteiger partial charge is 0.342 e. The van der Waals surface area contributed by atoms with Crippen LogP contribution in [0.15, 0.2) is 0 Å². The van der Waals surface area contributed by atoms with Crippen molar-refractivity contribution in [3.05, 3.63) is 0 Å². The number of nitrogens with zero attached hydrogens (tertiary/aromatic N) is 1. The third-order valence-corrected chi connectivity index (χ3v) is 4.47. The van der Waals surface area contributed by atoms with E-state index in [9.17, 15) is 4.79 Å². The molecule has 1 amide bonds. The van der Waals surface area contributed by atoms with Gasteiger partial charge in [0.05, 0.1) is 0 Å². The highest BCUT2D eigenvalue weighted by molar-refractivity contribution is 5.76. The van der Waals surface area contributed by atoms with E-state index in [0.29, 0.717) is 17.9 Å². The number of nitrogens with one attached hydrogen (secondary N) is 1. The van der Waals surface area contributed by atoms with Gasteiger partial charge in [0.15, 0.2) is 0 Å². The smallest absolute Gasteiger partial charge is 0.222 e. The molecule has 2 atom stereocenters. The highest BCUT2D eigenvalue weighted by Crippen LogP contribution is 2.25. The molecule has 0 spiro atoms. The van der Waals surface area contributed by atoms with Gasteiger partial charge in [-0.15, -0.1) is 0 Å². The molecule has 104 valence electrons. The Kier molecular flexibility index (Phi) is 5.48. The van der Waals surface area contributed by atoms with Crippen molar-refractivity contribution in [3.8, 4) is 0 Å². The third-order valence-electron chi connectivity index (χ3n) is 4.47. The SMILES string of the molecule is CCCCCC(=O)N1CCCC(C2CCCN2)C1. The molecular formula is C15H28N2O. The molecule has 0 bridgehead atoms. The molecule has 2 rings (SSSR count). The van der Waals surface area contributed by atoms with E-state index in [-0.39, 0.29) is 0 Å². The van der Waals surface area contributed by atoms with Gasteiger partial charge in [0.2, 0.25) is 5.91 Å². The Hall–Kier alpha value is -0.570. The molecule has 2 saturated heterocycles. The minimum Gasteiger partial charge on any atom is -0.342 e. The predicted molar refractivity (Wildman–Crippen MR) is 74.5 cm³/mol. The molecule has 0 aromatic rings. The molecule has 2 heterocycles. The second kappa shape index (κ2) is 7.13. The number of unbranched alkanes of at least 4 members (excludes halogenated alkanes) is 2. The van der Waals surface area contributed by atoms with Crippen LogP contribution in [0.1, 0.15) is 58.3 Å². The van der Waals surface area contributed by atoms with Gasteiger partial charge in [-0.25, -0.2) is 0 Å². The second-order valence-electron chi connectivity index (χ2n) is 5.90. The van der Waals surface area contributed by atoms with E-state index < -0.39 is 0 Å². The molecule has 2 fully saturated rings. The van der Waals surface area contributed by atoms with E-state index in [0.717, 1.165) is 25.9 Å². The van der Waals surface area contributed by atoms with Crippen LogP contribution in [0.5, 0.6) is 0 Å². The summed E-state index contributed by atoms with van der Waals surface area (Å²) < 4.78 is 0. The minimum absolute atomic E-state index is 0.395. The number of piperidine rings is 1. The van der Waals surface area contributed by atoms with E-state index in [1.807, 2.05) is 0 Å². The molecule has 0 aromatic carbocycles. The number of carbonyl (C=O) groups is 1. The number of likely N-dealkylation sites (tertiary alicyclic amines) is 1. The Labute approximate surface area is 111 Å². The fourth-order valence-electron chi connectivity index (χ4n) is 3.36. The van der Waals surface area contributed by atoms with Crippen LogP contribution < -0.4 is 5.32 Å². The molecule has 1 N–H and O–H groups in total. The van der Waals surface area contributed by atoms with Crippen LogP contribution in [0.4, 0.5) is 0 Å². The summed E-state index contributed by atoms with van der Waals surface area (Å²) in [5.41, 5.74) is 0. The van der Waals surface area contributed by atoms with E-state index in [2.05, 4.69) is 17.1 Å². The van der Waals surface area contributed by atoms with Gasteiger partial charge in [-0.1, -0.05) is 19.8 Å². The zero-order chi connectivity index (χ0) is 12.8. The second-order valence-corrected chi connectivity index (χ2v) is 5.90. The van der Waals surface area contributed by atoms with E-state index in [1.54, 1.807) is 0 Å². The van der Waals surface area contributed by atoms with Crippen molar-refractivity contribution in [3.63, 3.8) is 0 Å². The maximum absolute atomic E-state index is 12.1. The lowest BCUT2D eigenvalue weighted by Crippen LogP contribution is -2.45. The minimum atomic E-state index is 0.395. The number of hydrogen-bond donors (Lipinski definition) is 1. The van der Waals surface area contributed by atoms with Gasteiger partial charge in [-0.05, 0) is 44.6 Å². The molecule has 2 aliphatic rings. The number of carbonyl (C=O) groups excluding carboxylic acids is 1. The summed E-state index contributed by atoms with van der Waals surface area (Å²) in [4.78, 5) is 14.3. The first kappa shape index (κ1) is 13.9. The quantitative estimate of drug-likeness (QED) is 0.763. The Balaban J connectivity index is 1.76. The van der Waals surface area contributed by atoms with Crippen molar-refractivity contribution in [1.82, 2.24) is 10.2 Å². The average molecular weight is 252 g/mol.